The van der Waals surface area contributed by atoms with Crippen molar-refractivity contribution < 1.29 is 19.1 Å². The van der Waals surface area contributed by atoms with Gasteiger partial charge in [-0.15, -0.1) is 22.7 Å². The first kappa shape index (κ1) is 18.3. The summed E-state index contributed by atoms with van der Waals surface area (Å²) in [5.41, 5.74) is 1.67. The van der Waals surface area contributed by atoms with Crippen LogP contribution < -0.4 is 4.74 Å². The molecule has 7 heteroatoms. The van der Waals surface area contributed by atoms with Crippen LogP contribution >= 0.6 is 22.7 Å². The molecule has 0 spiro atoms. The third kappa shape index (κ3) is 4.77. The van der Waals surface area contributed by atoms with Gasteiger partial charge in [-0.2, -0.15) is 0 Å². The monoisotopic (exact) mass is 387 g/mol. The predicted molar refractivity (Wildman–Crippen MR) is 102 cm³/mol. The van der Waals surface area contributed by atoms with Crippen LogP contribution in [-0.2, 0) is 16.1 Å². The fraction of sp³-hybridized carbons (Fsp3) is 0.211. The van der Waals surface area contributed by atoms with Crippen molar-refractivity contribution in [2.75, 3.05) is 7.11 Å². The summed E-state index contributed by atoms with van der Waals surface area (Å²) in [5.74, 6) is 0.359. The number of rotatable bonds is 8. The minimum Gasteiger partial charge on any atom is -0.497 e. The zero-order chi connectivity index (χ0) is 18.4. The van der Waals surface area contributed by atoms with Crippen molar-refractivity contribution in [3.63, 3.8) is 0 Å². The molecule has 0 saturated carbocycles. The molecule has 134 valence electrons. The van der Waals surface area contributed by atoms with Crippen molar-refractivity contribution in [3.8, 4) is 16.3 Å². The van der Waals surface area contributed by atoms with E-state index in [1.54, 1.807) is 13.2 Å². The highest BCUT2D eigenvalue weighted by molar-refractivity contribution is 7.13. The second-order valence-corrected chi connectivity index (χ2v) is 7.24. The van der Waals surface area contributed by atoms with Crippen molar-refractivity contribution in [2.24, 2.45) is 0 Å². The number of carbonyl (C=O) groups excluding carboxylic acids is 2. The Bertz CT molecular complexity index is 869. The molecule has 0 bridgehead atoms. The number of thiophene rings is 1. The van der Waals surface area contributed by atoms with Crippen LogP contribution in [0, 0.1) is 0 Å². The number of aromatic nitrogens is 1. The van der Waals surface area contributed by atoms with Gasteiger partial charge in [0.05, 0.1) is 24.1 Å². The molecule has 3 rings (SSSR count). The summed E-state index contributed by atoms with van der Waals surface area (Å²) >= 11 is 2.87. The summed E-state index contributed by atoms with van der Waals surface area (Å²) in [4.78, 5) is 28.8. The van der Waals surface area contributed by atoms with E-state index in [0.29, 0.717) is 10.6 Å². The fourth-order valence-electron chi connectivity index (χ4n) is 2.24. The van der Waals surface area contributed by atoms with Gasteiger partial charge in [-0.25, -0.2) is 4.98 Å². The van der Waals surface area contributed by atoms with Crippen LogP contribution in [0.15, 0.2) is 47.2 Å². The van der Waals surface area contributed by atoms with Crippen LogP contribution in [0.3, 0.4) is 0 Å². The van der Waals surface area contributed by atoms with E-state index in [9.17, 15) is 9.59 Å². The largest absolute Gasteiger partial charge is 0.497 e. The number of esters is 1. The van der Waals surface area contributed by atoms with Gasteiger partial charge in [0.2, 0.25) is 0 Å². The summed E-state index contributed by atoms with van der Waals surface area (Å²) in [6.45, 7) is 0.110. The zero-order valence-corrected chi connectivity index (χ0v) is 15.8. The summed E-state index contributed by atoms with van der Waals surface area (Å²) in [6, 6.07) is 11.2. The molecule has 0 amide bonds. The molecule has 3 aromatic rings. The Kier molecular flexibility index (Phi) is 6.14. The molecule has 0 N–H and O–H groups in total. The molecule has 0 aliphatic carbocycles. The number of methoxy groups -OCH3 is 1. The maximum Gasteiger partial charge on any atom is 0.306 e. The standard InChI is InChI=1S/C19H17NO4S2/c1-23-15-6-4-13(5-7-15)19-20-14(12-26-19)11-24-18(22)9-8-16(21)17-3-2-10-25-17/h2-7,10,12H,8-9,11H2,1H3. The van der Waals surface area contributed by atoms with Crippen molar-refractivity contribution in [2.45, 2.75) is 19.4 Å². The molecule has 2 heterocycles. The lowest BCUT2D eigenvalue weighted by atomic mass is 10.2. The van der Waals surface area contributed by atoms with Gasteiger partial charge in [0.1, 0.15) is 17.4 Å². The van der Waals surface area contributed by atoms with Crippen LogP contribution in [0.25, 0.3) is 10.6 Å². The Hall–Kier alpha value is -2.51. The summed E-state index contributed by atoms with van der Waals surface area (Å²) in [5, 5.41) is 4.56. The van der Waals surface area contributed by atoms with Crippen molar-refractivity contribution in [1.29, 1.82) is 0 Å². The first-order valence-corrected chi connectivity index (χ1v) is 9.73. The highest BCUT2D eigenvalue weighted by Crippen LogP contribution is 2.26. The number of Topliss-reactive ketones (excluding diaryl/α,β-unsaturated/α-hetero) is 1. The van der Waals surface area contributed by atoms with E-state index >= 15 is 0 Å². The summed E-state index contributed by atoms with van der Waals surface area (Å²) in [7, 11) is 1.62. The van der Waals surface area contributed by atoms with E-state index < -0.39 is 5.97 Å². The number of benzene rings is 1. The molecule has 26 heavy (non-hydrogen) atoms. The average molecular weight is 387 g/mol. The SMILES string of the molecule is COc1ccc(-c2nc(COC(=O)CCC(=O)c3cccs3)cs2)cc1. The highest BCUT2D eigenvalue weighted by atomic mass is 32.1. The fourth-order valence-corrected chi connectivity index (χ4v) is 3.75. The molecule has 5 nitrogen and oxygen atoms in total. The molecule has 0 aliphatic heterocycles. The van der Waals surface area contributed by atoms with Crippen molar-refractivity contribution >= 4 is 34.4 Å². The van der Waals surface area contributed by atoms with Crippen LogP contribution in [0.4, 0.5) is 0 Å². The van der Waals surface area contributed by atoms with Gasteiger partial charge in [-0.3, -0.25) is 9.59 Å². The quantitative estimate of drug-likeness (QED) is 0.418. The summed E-state index contributed by atoms with van der Waals surface area (Å²) < 4.78 is 10.4. The molecule has 0 aliphatic rings. The van der Waals surface area contributed by atoms with Gasteiger partial charge >= 0.3 is 5.97 Å². The lowest BCUT2D eigenvalue weighted by molar-refractivity contribution is -0.145. The Balaban J connectivity index is 1.48. The van der Waals surface area contributed by atoms with Crippen LogP contribution in [0.2, 0.25) is 0 Å². The topological polar surface area (TPSA) is 65.5 Å². The third-order valence-electron chi connectivity index (χ3n) is 3.62. The van der Waals surface area contributed by atoms with Gasteiger partial charge in [0, 0.05) is 17.4 Å². The van der Waals surface area contributed by atoms with Gasteiger partial charge in [0.15, 0.2) is 5.78 Å². The number of nitrogens with zero attached hydrogens (tertiary/aromatic N) is 1. The summed E-state index contributed by atoms with van der Waals surface area (Å²) in [6.07, 6.45) is 0.236. The minimum absolute atomic E-state index is 0.0348. The lowest BCUT2D eigenvalue weighted by Crippen LogP contribution is -2.07. The van der Waals surface area contributed by atoms with E-state index in [1.165, 1.54) is 22.7 Å². The molecule has 2 aromatic heterocycles. The first-order valence-electron chi connectivity index (χ1n) is 7.97. The molecule has 0 unspecified atom stereocenters. The Morgan fingerprint density at radius 1 is 1.08 bits per heavy atom. The number of hydrogen-bond acceptors (Lipinski definition) is 7. The third-order valence-corrected chi connectivity index (χ3v) is 5.47. The van der Waals surface area contributed by atoms with Crippen molar-refractivity contribution in [1.82, 2.24) is 4.98 Å². The highest BCUT2D eigenvalue weighted by Gasteiger charge is 2.12. The molecule has 1 aromatic carbocycles. The van der Waals surface area contributed by atoms with Crippen LogP contribution in [0.5, 0.6) is 5.75 Å². The van der Waals surface area contributed by atoms with Gasteiger partial charge in [0.25, 0.3) is 0 Å². The van der Waals surface area contributed by atoms with Gasteiger partial charge in [-0.05, 0) is 35.7 Å². The Labute approximate surface area is 159 Å². The van der Waals surface area contributed by atoms with E-state index in [1.807, 2.05) is 41.1 Å². The Morgan fingerprint density at radius 3 is 2.58 bits per heavy atom. The molecular weight excluding hydrogens is 370 g/mol. The van der Waals surface area contributed by atoms with E-state index in [2.05, 4.69) is 4.98 Å². The minimum atomic E-state index is -0.395. The second-order valence-electron chi connectivity index (χ2n) is 5.43. The van der Waals surface area contributed by atoms with Gasteiger partial charge in [-0.1, -0.05) is 6.07 Å². The van der Waals surface area contributed by atoms with E-state index in [0.717, 1.165) is 16.3 Å². The number of thiazole rings is 1. The zero-order valence-electron chi connectivity index (χ0n) is 14.1. The maximum absolute atomic E-state index is 11.9. The molecule has 0 fully saturated rings. The Morgan fingerprint density at radius 2 is 1.88 bits per heavy atom. The maximum atomic E-state index is 11.9. The van der Waals surface area contributed by atoms with E-state index in [4.69, 9.17) is 9.47 Å². The number of ether oxygens (including phenoxy) is 2. The first-order chi connectivity index (χ1) is 12.7. The number of carbonyl (C=O) groups is 2. The van der Waals surface area contributed by atoms with Crippen molar-refractivity contribution in [3.05, 3.63) is 57.7 Å². The number of hydrogen-bond donors (Lipinski definition) is 0. The molecule has 0 atom stereocenters. The smallest absolute Gasteiger partial charge is 0.306 e. The number of ketones is 1. The lowest BCUT2D eigenvalue weighted by Gasteiger charge is -2.02. The van der Waals surface area contributed by atoms with Crippen LogP contribution in [0.1, 0.15) is 28.2 Å². The van der Waals surface area contributed by atoms with E-state index in [-0.39, 0.29) is 25.2 Å². The predicted octanol–water partition coefficient (Wildman–Crippen LogP) is 4.59. The molecule has 0 saturated heterocycles. The second kappa shape index (κ2) is 8.73. The normalized spacial score (nSPS) is 10.5. The molecule has 0 radical (unpaired) electrons. The average Bonchev–Trinajstić information content (AvgIpc) is 3.36. The molecular formula is C19H17NO4S2. The van der Waals surface area contributed by atoms with Crippen LogP contribution in [-0.4, -0.2) is 23.8 Å². The van der Waals surface area contributed by atoms with Gasteiger partial charge < -0.3 is 9.47 Å².